The minimum Gasteiger partial charge on any atom is -0.454 e. The fourth-order valence-corrected chi connectivity index (χ4v) is 4.59. The Bertz CT molecular complexity index is 780. The summed E-state index contributed by atoms with van der Waals surface area (Å²) in [6.07, 6.45) is 3.98. The van der Waals surface area contributed by atoms with Gasteiger partial charge in [-0.1, -0.05) is 0 Å². The summed E-state index contributed by atoms with van der Waals surface area (Å²) in [6, 6.07) is 4.92. The van der Waals surface area contributed by atoms with Crippen molar-refractivity contribution in [2.24, 2.45) is 0 Å². The molecule has 1 atom stereocenters. The second kappa shape index (κ2) is 6.19. The average Bonchev–Trinajstić information content (AvgIpc) is 3.22. The molecule has 0 aromatic carbocycles. The van der Waals surface area contributed by atoms with Crippen LogP contribution in [0, 0.1) is 0 Å². The van der Waals surface area contributed by atoms with Crippen molar-refractivity contribution in [3.8, 4) is 0 Å². The van der Waals surface area contributed by atoms with E-state index in [1.54, 1.807) is 27.9 Å². The lowest BCUT2D eigenvalue weighted by Gasteiger charge is -2.25. The summed E-state index contributed by atoms with van der Waals surface area (Å²) in [7, 11) is -3.03. The van der Waals surface area contributed by atoms with Gasteiger partial charge in [-0.15, -0.1) is 0 Å². The molecule has 1 unspecified atom stereocenters. The van der Waals surface area contributed by atoms with Gasteiger partial charge in [0.1, 0.15) is 5.76 Å². The maximum absolute atomic E-state index is 12.6. The number of carbonyl (C=O) groups is 1. The van der Waals surface area contributed by atoms with E-state index in [9.17, 15) is 13.2 Å². The Labute approximate surface area is 134 Å². The highest BCUT2D eigenvalue weighted by Gasteiger charge is 2.35. The molecule has 8 heteroatoms. The predicted octanol–water partition coefficient (Wildman–Crippen LogP) is 1.17. The van der Waals surface area contributed by atoms with Crippen molar-refractivity contribution in [2.75, 3.05) is 18.1 Å². The number of hydrogen-bond acceptors (Lipinski definition) is 5. The van der Waals surface area contributed by atoms with Gasteiger partial charge in [-0.25, -0.2) is 8.42 Å². The zero-order valence-electron chi connectivity index (χ0n) is 12.9. The summed E-state index contributed by atoms with van der Waals surface area (Å²) in [5, 5.41) is 4.09. The van der Waals surface area contributed by atoms with Gasteiger partial charge in [0.05, 0.1) is 18.1 Å². The van der Waals surface area contributed by atoms with E-state index in [0.29, 0.717) is 25.3 Å². The average molecular weight is 337 g/mol. The summed E-state index contributed by atoms with van der Waals surface area (Å²) in [4.78, 5) is 14.2. The van der Waals surface area contributed by atoms with Gasteiger partial charge in [0.15, 0.2) is 15.6 Å². The Morgan fingerprint density at radius 3 is 2.91 bits per heavy atom. The minimum absolute atomic E-state index is 0.0352. The number of carbonyl (C=O) groups excluding carboxylic acids is 1. The zero-order valence-corrected chi connectivity index (χ0v) is 13.7. The normalized spacial score (nSPS) is 19.8. The van der Waals surface area contributed by atoms with Gasteiger partial charge >= 0.3 is 0 Å². The Morgan fingerprint density at radius 2 is 2.30 bits per heavy atom. The van der Waals surface area contributed by atoms with E-state index in [2.05, 4.69) is 5.10 Å². The van der Waals surface area contributed by atoms with Gasteiger partial charge in [0.25, 0.3) is 5.91 Å². The molecule has 23 heavy (non-hydrogen) atoms. The zero-order chi connectivity index (χ0) is 16.4. The van der Waals surface area contributed by atoms with Crippen molar-refractivity contribution in [1.29, 1.82) is 0 Å². The first-order chi connectivity index (χ1) is 11.0. The molecule has 2 aromatic heterocycles. The lowest BCUT2D eigenvalue weighted by molar-refractivity contribution is 0.0673. The molecule has 2 aromatic rings. The van der Waals surface area contributed by atoms with Crippen LogP contribution in [0.2, 0.25) is 0 Å². The molecule has 0 spiro atoms. The molecule has 1 amide bonds. The number of hydrogen-bond donors (Lipinski definition) is 0. The van der Waals surface area contributed by atoms with E-state index >= 15 is 0 Å². The summed E-state index contributed by atoms with van der Waals surface area (Å²) in [6.45, 7) is 2.74. The van der Waals surface area contributed by atoms with E-state index in [1.807, 2.05) is 19.2 Å². The fraction of sp³-hybridized carbons (Fsp3) is 0.467. The summed E-state index contributed by atoms with van der Waals surface area (Å²) >= 11 is 0. The van der Waals surface area contributed by atoms with Gasteiger partial charge in [0.2, 0.25) is 0 Å². The molecule has 124 valence electrons. The maximum atomic E-state index is 12.6. The van der Waals surface area contributed by atoms with Crippen LogP contribution in [0.15, 0.2) is 35.0 Å². The van der Waals surface area contributed by atoms with Crippen molar-refractivity contribution < 1.29 is 17.6 Å². The SMILES string of the molecule is CCN(C(=O)c1ccc(Cn2cccn2)o1)C1CCS(=O)(=O)C1. The third-order valence-electron chi connectivity index (χ3n) is 4.00. The van der Waals surface area contributed by atoms with Crippen LogP contribution in [-0.4, -0.2) is 53.1 Å². The van der Waals surface area contributed by atoms with Crippen molar-refractivity contribution in [3.63, 3.8) is 0 Å². The van der Waals surface area contributed by atoms with E-state index in [0.717, 1.165) is 0 Å². The molecular weight excluding hydrogens is 318 g/mol. The van der Waals surface area contributed by atoms with Crippen molar-refractivity contribution in [2.45, 2.75) is 25.9 Å². The molecule has 1 saturated heterocycles. The standard InChI is InChI=1S/C15H19N3O4S/c1-2-18(12-6-9-23(20,21)11-12)15(19)14-5-4-13(22-14)10-17-8-3-7-16-17/h3-5,7-8,12H,2,6,9-11H2,1H3. The summed E-state index contributed by atoms with van der Waals surface area (Å²) < 4.78 is 30.6. The van der Waals surface area contributed by atoms with Crippen LogP contribution in [0.5, 0.6) is 0 Å². The van der Waals surface area contributed by atoms with Crippen LogP contribution in [-0.2, 0) is 16.4 Å². The lowest BCUT2D eigenvalue weighted by Crippen LogP contribution is -2.40. The minimum atomic E-state index is -3.03. The topological polar surface area (TPSA) is 85.4 Å². The van der Waals surface area contributed by atoms with Crippen LogP contribution in [0.4, 0.5) is 0 Å². The summed E-state index contributed by atoms with van der Waals surface area (Å²) in [5.74, 6) is 0.782. The van der Waals surface area contributed by atoms with Crippen LogP contribution in [0.3, 0.4) is 0 Å². The number of nitrogens with zero attached hydrogens (tertiary/aromatic N) is 3. The van der Waals surface area contributed by atoms with Crippen molar-refractivity contribution in [1.82, 2.24) is 14.7 Å². The first-order valence-corrected chi connectivity index (χ1v) is 9.38. The molecule has 1 aliphatic heterocycles. The smallest absolute Gasteiger partial charge is 0.289 e. The van der Waals surface area contributed by atoms with Crippen LogP contribution in [0.25, 0.3) is 0 Å². The molecule has 0 saturated carbocycles. The molecule has 3 heterocycles. The maximum Gasteiger partial charge on any atom is 0.289 e. The molecule has 1 fully saturated rings. The van der Waals surface area contributed by atoms with Gasteiger partial charge in [-0.2, -0.15) is 5.10 Å². The van der Waals surface area contributed by atoms with E-state index in [1.165, 1.54) is 0 Å². The lowest BCUT2D eigenvalue weighted by atomic mass is 10.2. The van der Waals surface area contributed by atoms with Crippen LogP contribution >= 0.6 is 0 Å². The molecule has 0 aliphatic carbocycles. The predicted molar refractivity (Wildman–Crippen MR) is 83.8 cm³/mol. The van der Waals surface area contributed by atoms with E-state index < -0.39 is 9.84 Å². The van der Waals surface area contributed by atoms with E-state index in [-0.39, 0.29) is 29.2 Å². The van der Waals surface area contributed by atoms with Crippen molar-refractivity contribution in [3.05, 3.63) is 42.1 Å². The first-order valence-electron chi connectivity index (χ1n) is 7.56. The highest BCUT2D eigenvalue weighted by atomic mass is 32.2. The molecule has 0 radical (unpaired) electrons. The quantitative estimate of drug-likeness (QED) is 0.818. The van der Waals surface area contributed by atoms with Crippen molar-refractivity contribution >= 4 is 15.7 Å². The Hall–Kier alpha value is -2.09. The Morgan fingerprint density at radius 1 is 1.48 bits per heavy atom. The van der Waals surface area contributed by atoms with Gasteiger partial charge < -0.3 is 9.32 Å². The monoisotopic (exact) mass is 337 g/mol. The highest BCUT2D eigenvalue weighted by molar-refractivity contribution is 7.91. The van der Waals surface area contributed by atoms with Gasteiger partial charge in [-0.3, -0.25) is 9.48 Å². The third-order valence-corrected chi connectivity index (χ3v) is 5.75. The molecule has 0 bridgehead atoms. The fourth-order valence-electron chi connectivity index (χ4n) is 2.86. The summed E-state index contributed by atoms with van der Waals surface area (Å²) in [5.41, 5.74) is 0. The second-order valence-electron chi connectivity index (χ2n) is 5.62. The van der Waals surface area contributed by atoms with E-state index in [4.69, 9.17) is 4.42 Å². The first kappa shape index (κ1) is 15.8. The highest BCUT2D eigenvalue weighted by Crippen LogP contribution is 2.21. The van der Waals surface area contributed by atoms with Gasteiger partial charge in [-0.05, 0) is 31.5 Å². The molecular formula is C15H19N3O4S. The number of aromatic nitrogens is 2. The largest absolute Gasteiger partial charge is 0.454 e. The van der Waals surface area contributed by atoms with Crippen LogP contribution in [0.1, 0.15) is 29.7 Å². The number of sulfone groups is 1. The second-order valence-corrected chi connectivity index (χ2v) is 7.85. The molecule has 1 aliphatic rings. The molecule has 7 nitrogen and oxygen atoms in total. The third kappa shape index (κ3) is 3.47. The molecule has 0 N–H and O–H groups in total. The number of furan rings is 1. The Balaban J connectivity index is 1.72. The number of rotatable bonds is 5. The molecule has 3 rings (SSSR count). The number of amides is 1. The van der Waals surface area contributed by atoms with Crippen LogP contribution < -0.4 is 0 Å². The van der Waals surface area contributed by atoms with Gasteiger partial charge in [0, 0.05) is 25.0 Å². The Kier molecular flexibility index (Phi) is 4.25.